The van der Waals surface area contributed by atoms with E-state index in [-0.39, 0.29) is 0 Å². The highest BCUT2D eigenvalue weighted by Crippen LogP contribution is 2.14. The van der Waals surface area contributed by atoms with E-state index in [1.807, 2.05) is 0 Å². The standard InChI is InChI=1S/C14H26/c1-4-6-7-8-9-10-11-13-14(3)12-5-2/h4,6-8,14H,5,9-13H2,1-3H3/b6-4-,8-7-. The zero-order valence-corrected chi connectivity index (χ0v) is 10.1. The Hall–Kier alpha value is -0.520. The van der Waals surface area contributed by atoms with E-state index in [0.717, 1.165) is 5.92 Å². The molecule has 0 aliphatic heterocycles. The van der Waals surface area contributed by atoms with Gasteiger partial charge in [-0.25, -0.2) is 0 Å². The molecule has 0 saturated carbocycles. The highest BCUT2D eigenvalue weighted by molar-refractivity contribution is 5.00. The smallest absolute Gasteiger partial charge is 0.0348 e. The van der Waals surface area contributed by atoms with E-state index in [0.29, 0.717) is 0 Å². The van der Waals surface area contributed by atoms with Crippen molar-refractivity contribution in [2.45, 2.75) is 59.3 Å². The number of hydrogen-bond acceptors (Lipinski definition) is 0. The number of allylic oxidation sites excluding steroid dienone is 4. The van der Waals surface area contributed by atoms with Crippen molar-refractivity contribution in [2.75, 3.05) is 0 Å². The molecule has 0 heteroatoms. The van der Waals surface area contributed by atoms with Crippen molar-refractivity contribution in [3.05, 3.63) is 24.3 Å². The Balaban J connectivity index is 3.20. The Kier molecular flexibility index (Phi) is 10.2. The summed E-state index contributed by atoms with van der Waals surface area (Å²) in [6.45, 7) is 6.70. The predicted molar refractivity (Wildman–Crippen MR) is 66.5 cm³/mol. The Morgan fingerprint density at radius 3 is 2.50 bits per heavy atom. The fourth-order valence-corrected chi connectivity index (χ4v) is 1.68. The minimum atomic E-state index is 0.930. The molecule has 1 atom stereocenters. The third-order valence-electron chi connectivity index (χ3n) is 2.54. The maximum absolute atomic E-state index is 2.37. The summed E-state index contributed by atoms with van der Waals surface area (Å²) in [5.74, 6) is 0.930. The minimum absolute atomic E-state index is 0.930. The summed E-state index contributed by atoms with van der Waals surface area (Å²) in [6, 6.07) is 0. The fraction of sp³-hybridized carbons (Fsp3) is 0.714. The summed E-state index contributed by atoms with van der Waals surface area (Å²) in [5.41, 5.74) is 0. The molecule has 0 amide bonds. The first kappa shape index (κ1) is 13.5. The topological polar surface area (TPSA) is 0 Å². The molecule has 1 unspecified atom stereocenters. The lowest BCUT2D eigenvalue weighted by Gasteiger charge is -2.08. The van der Waals surface area contributed by atoms with Crippen LogP contribution < -0.4 is 0 Å². The van der Waals surface area contributed by atoms with Gasteiger partial charge in [0.2, 0.25) is 0 Å². The van der Waals surface area contributed by atoms with E-state index in [1.54, 1.807) is 0 Å². The van der Waals surface area contributed by atoms with Gasteiger partial charge in [-0.2, -0.15) is 0 Å². The van der Waals surface area contributed by atoms with Gasteiger partial charge in [0, 0.05) is 0 Å². The summed E-state index contributed by atoms with van der Waals surface area (Å²) < 4.78 is 0. The fourth-order valence-electron chi connectivity index (χ4n) is 1.68. The molecule has 14 heavy (non-hydrogen) atoms. The molecule has 0 aliphatic carbocycles. The Bertz CT molecular complexity index is 153. The first-order valence-electron chi connectivity index (χ1n) is 6.09. The molecule has 0 aromatic heterocycles. The summed E-state index contributed by atoms with van der Waals surface area (Å²) in [7, 11) is 0. The first-order valence-corrected chi connectivity index (χ1v) is 6.09. The van der Waals surface area contributed by atoms with Crippen LogP contribution in [0.2, 0.25) is 0 Å². The maximum Gasteiger partial charge on any atom is -0.0348 e. The quantitative estimate of drug-likeness (QED) is 0.372. The molecule has 0 saturated heterocycles. The van der Waals surface area contributed by atoms with E-state index >= 15 is 0 Å². The van der Waals surface area contributed by atoms with Crippen LogP contribution in [-0.2, 0) is 0 Å². The highest BCUT2D eigenvalue weighted by atomic mass is 14.0. The Morgan fingerprint density at radius 2 is 1.86 bits per heavy atom. The van der Waals surface area contributed by atoms with Crippen LogP contribution in [0.4, 0.5) is 0 Å². The monoisotopic (exact) mass is 194 g/mol. The third kappa shape index (κ3) is 9.57. The van der Waals surface area contributed by atoms with Gasteiger partial charge in [0.05, 0.1) is 0 Å². The molecule has 0 aromatic rings. The average molecular weight is 194 g/mol. The molecule has 0 aliphatic rings. The van der Waals surface area contributed by atoms with Crippen LogP contribution in [0.3, 0.4) is 0 Å². The molecule has 82 valence electrons. The second kappa shape index (κ2) is 10.6. The van der Waals surface area contributed by atoms with Crippen LogP contribution in [0.5, 0.6) is 0 Å². The van der Waals surface area contributed by atoms with Gasteiger partial charge < -0.3 is 0 Å². The molecule has 0 fully saturated rings. The van der Waals surface area contributed by atoms with Crippen LogP contribution >= 0.6 is 0 Å². The Labute approximate surface area is 90.1 Å². The van der Waals surface area contributed by atoms with Gasteiger partial charge in [-0.3, -0.25) is 0 Å². The average Bonchev–Trinajstić information content (AvgIpc) is 2.17. The maximum atomic E-state index is 2.37. The van der Waals surface area contributed by atoms with Crippen molar-refractivity contribution >= 4 is 0 Å². The van der Waals surface area contributed by atoms with E-state index in [2.05, 4.69) is 45.1 Å². The van der Waals surface area contributed by atoms with Crippen LogP contribution in [-0.4, -0.2) is 0 Å². The molecule has 0 N–H and O–H groups in total. The van der Waals surface area contributed by atoms with Crippen LogP contribution in [0.15, 0.2) is 24.3 Å². The van der Waals surface area contributed by atoms with Gasteiger partial charge in [-0.15, -0.1) is 0 Å². The summed E-state index contributed by atoms with van der Waals surface area (Å²) in [5, 5.41) is 0. The van der Waals surface area contributed by atoms with E-state index < -0.39 is 0 Å². The molecule has 0 radical (unpaired) electrons. The van der Waals surface area contributed by atoms with Crippen molar-refractivity contribution < 1.29 is 0 Å². The van der Waals surface area contributed by atoms with E-state index in [4.69, 9.17) is 0 Å². The summed E-state index contributed by atoms with van der Waals surface area (Å²) in [4.78, 5) is 0. The highest BCUT2D eigenvalue weighted by Gasteiger charge is 1.98. The van der Waals surface area contributed by atoms with E-state index in [1.165, 1.54) is 38.5 Å². The lowest BCUT2D eigenvalue weighted by atomic mass is 9.99. The summed E-state index contributed by atoms with van der Waals surface area (Å²) in [6.07, 6.45) is 16.7. The van der Waals surface area contributed by atoms with Gasteiger partial charge >= 0.3 is 0 Å². The number of unbranched alkanes of at least 4 members (excludes halogenated alkanes) is 2. The lowest BCUT2D eigenvalue weighted by molar-refractivity contribution is 0.462. The van der Waals surface area contributed by atoms with Crippen molar-refractivity contribution in [1.82, 2.24) is 0 Å². The zero-order valence-electron chi connectivity index (χ0n) is 10.1. The number of rotatable bonds is 8. The molecule has 0 spiro atoms. The second-order valence-corrected chi connectivity index (χ2v) is 4.13. The lowest BCUT2D eigenvalue weighted by Crippen LogP contribution is -1.93. The molecule has 0 bridgehead atoms. The van der Waals surface area contributed by atoms with Crippen LogP contribution in [0, 0.1) is 5.92 Å². The van der Waals surface area contributed by atoms with Crippen molar-refractivity contribution in [3.8, 4) is 0 Å². The molecular formula is C14H26. The molecule has 0 aromatic carbocycles. The molecule has 0 rings (SSSR count). The van der Waals surface area contributed by atoms with Gasteiger partial charge in [-0.05, 0) is 25.7 Å². The van der Waals surface area contributed by atoms with Gasteiger partial charge in [0.25, 0.3) is 0 Å². The SMILES string of the molecule is C/C=C\C=C/CCCCC(C)CCC. The first-order chi connectivity index (χ1) is 6.81. The van der Waals surface area contributed by atoms with E-state index in [9.17, 15) is 0 Å². The van der Waals surface area contributed by atoms with Crippen molar-refractivity contribution in [1.29, 1.82) is 0 Å². The van der Waals surface area contributed by atoms with Gasteiger partial charge in [-0.1, -0.05) is 63.8 Å². The van der Waals surface area contributed by atoms with Crippen molar-refractivity contribution in [3.63, 3.8) is 0 Å². The zero-order chi connectivity index (χ0) is 10.6. The second-order valence-electron chi connectivity index (χ2n) is 4.13. The normalized spacial score (nSPS) is 14.2. The minimum Gasteiger partial charge on any atom is -0.0877 e. The number of hydrogen-bond donors (Lipinski definition) is 0. The van der Waals surface area contributed by atoms with Crippen LogP contribution in [0.1, 0.15) is 59.3 Å². The van der Waals surface area contributed by atoms with Crippen molar-refractivity contribution in [2.24, 2.45) is 5.92 Å². The summed E-state index contributed by atoms with van der Waals surface area (Å²) >= 11 is 0. The van der Waals surface area contributed by atoms with Gasteiger partial charge in [0.15, 0.2) is 0 Å². The van der Waals surface area contributed by atoms with Crippen LogP contribution in [0.25, 0.3) is 0 Å². The third-order valence-corrected chi connectivity index (χ3v) is 2.54. The predicted octanol–water partition coefficient (Wildman–Crippen LogP) is 5.12. The Morgan fingerprint density at radius 1 is 1.07 bits per heavy atom. The molecule has 0 nitrogen and oxygen atoms in total. The largest absolute Gasteiger partial charge is 0.0877 e. The van der Waals surface area contributed by atoms with Gasteiger partial charge in [0.1, 0.15) is 0 Å². The molecular weight excluding hydrogens is 168 g/mol. The molecule has 0 heterocycles.